The number of thiocarbonyl (C=S) groups is 1. The van der Waals surface area contributed by atoms with Gasteiger partial charge in [0.15, 0.2) is 0 Å². The van der Waals surface area contributed by atoms with Gasteiger partial charge in [-0.15, -0.1) is 0 Å². The monoisotopic (exact) mass is 294 g/mol. The molecule has 0 atom stereocenters. The zero-order valence-corrected chi connectivity index (χ0v) is 12.1. The van der Waals surface area contributed by atoms with Gasteiger partial charge in [0.2, 0.25) is 0 Å². The van der Waals surface area contributed by atoms with Crippen LogP contribution in [0.3, 0.4) is 0 Å². The van der Waals surface area contributed by atoms with Gasteiger partial charge in [0.25, 0.3) is 0 Å². The lowest BCUT2D eigenvalue weighted by molar-refractivity contribution is 0.301. The van der Waals surface area contributed by atoms with Gasteiger partial charge in [-0.2, -0.15) is 0 Å². The van der Waals surface area contributed by atoms with E-state index in [9.17, 15) is 0 Å². The van der Waals surface area contributed by atoms with Crippen LogP contribution in [0.25, 0.3) is 10.9 Å². The van der Waals surface area contributed by atoms with Crippen molar-refractivity contribution in [2.75, 3.05) is 0 Å². The Kier molecular flexibility index (Phi) is 3.79. The molecule has 0 aliphatic heterocycles. The molecule has 0 saturated carbocycles. The fraction of sp³-hybridized carbons (Fsp3) is 0.0588. The van der Waals surface area contributed by atoms with E-state index in [4.69, 9.17) is 22.7 Å². The third kappa shape index (κ3) is 3.01. The Morgan fingerprint density at radius 2 is 1.76 bits per heavy atom. The maximum atomic E-state index is 5.80. The molecule has 2 N–H and O–H groups in total. The second-order valence-electron chi connectivity index (χ2n) is 4.64. The normalized spacial score (nSPS) is 10.5. The van der Waals surface area contributed by atoms with Crippen LogP contribution in [-0.2, 0) is 6.61 Å². The molecule has 3 nitrogen and oxygen atoms in total. The van der Waals surface area contributed by atoms with Crippen molar-refractivity contribution < 1.29 is 4.74 Å². The average molecular weight is 294 g/mol. The van der Waals surface area contributed by atoms with E-state index in [1.165, 1.54) is 0 Å². The minimum atomic E-state index is 0.331. The van der Waals surface area contributed by atoms with Crippen LogP contribution in [-0.4, -0.2) is 9.97 Å². The number of nitrogens with zero attached hydrogens (tertiary/aromatic N) is 1. The number of hydrogen-bond acceptors (Lipinski definition) is 3. The van der Waals surface area contributed by atoms with Gasteiger partial charge in [0, 0.05) is 5.39 Å². The topological polar surface area (TPSA) is 48.1 Å². The van der Waals surface area contributed by atoms with Crippen LogP contribution in [0.1, 0.15) is 11.3 Å². The first-order valence-electron chi connectivity index (χ1n) is 6.60. The predicted octanol–water partition coefficient (Wildman–Crippen LogP) is 3.45. The summed E-state index contributed by atoms with van der Waals surface area (Å²) < 4.78 is 5.80. The van der Waals surface area contributed by atoms with E-state index in [0.29, 0.717) is 17.3 Å². The first-order valence-corrected chi connectivity index (χ1v) is 7.01. The lowest BCUT2D eigenvalue weighted by atomic mass is 10.2. The van der Waals surface area contributed by atoms with Gasteiger partial charge in [-0.25, -0.2) is 4.98 Å². The van der Waals surface area contributed by atoms with Crippen LogP contribution in [0.4, 0.5) is 0 Å². The van der Waals surface area contributed by atoms with E-state index in [1.54, 1.807) is 0 Å². The maximum absolute atomic E-state index is 5.80. The summed E-state index contributed by atoms with van der Waals surface area (Å²) in [6, 6.07) is 19.5. The highest BCUT2D eigenvalue weighted by Crippen LogP contribution is 2.19. The number of fused-ring (bicyclic) bond motifs is 1. The van der Waals surface area contributed by atoms with Crippen LogP contribution in [0.2, 0.25) is 0 Å². The Morgan fingerprint density at radius 3 is 2.62 bits per heavy atom. The fourth-order valence-electron chi connectivity index (χ4n) is 2.14. The number of pyridine rings is 1. The number of hydrogen-bond donors (Lipinski definition) is 1. The van der Waals surface area contributed by atoms with E-state index in [0.717, 1.165) is 22.2 Å². The highest BCUT2D eigenvalue weighted by molar-refractivity contribution is 7.80. The summed E-state index contributed by atoms with van der Waals surface area (Å²) in [5.41, 5.74) is 8.26. The molecule has 0 unspecified atom stereocenters. The molecule has 3 rings (SSSR count). The molecule has 0 amide bonds. The number of aromatic nitrogens is 1. The fourth-order valence-corrected chi connectivity index (χ4v) is 2.31. The van der Waals surface area contributed by atoms with Crippen molar-refractivity contribution in [2.45, 2.75) is 6.61 Å². The van der Waals surface area contributed by atoms with E-state index in [-0.39, 0.29) is 0 Å². The second-order valence-corrected chi connectivity index (χ2v) is 5.08. The minimum Gasteiger partial charge on any atom is -0.487 e. The van der Waals surface area contributed by atoms with Gasteiger partial charge in [-0.05, 0) is 24.3 Å². The summed E-state index contributed by atoms with van der Waals surface area (Å²) >= 11 is 5.03. The van der Waals surface area contributed by atoms with Crippen molar-refractivity contribution in [3.8, 4) is 5.75 Å². The molecule has 0 aliphatic carbocycles. The van der Waals surface area contributed by atoms with Crippen LogP contribution in [0.15, 0.2) is 60.7 Å². The Hall–Kier alpha value is -2.46. The van der Waals surface area contributed by atoms with Crippen molar-refractivity contribution in [3.05, 3.63) is 71.9 Å². The molecule has 0 spiro atoms. The first-order chi connectivity index (χ1) is 10.2. The van der Waals surface area contributed by atoms with Crippen LogP contribution < -0.4 is 10.5 Å². The predicted molar refractivity (Wildman–Crippen MR) is 88.4 cm³/mol. The molecule has 1 heterocycles. The molecular weight excluding hydrogens is 280 g/mol. The largest absolute Gasteiger partial charge is 0.487 e. The summed E-state index contributed by atoms with van der Waals surface area (Å²) in [4.78, 5) is 4.91. The molecule has 21 heavy (non-hydrogen) atoms. The molecule has 0 saturated heterocycles. The quantitative estimate of drug-likeness (QED) is 0.749. The van der Waals surface area contributed by atoms with Crippen LogP contribution in [0.5, 0.6) is 5.75 Å². The van der Waals surface area contributed by atoms with Crippen LogP contribution >= 0.6 is 12.2 Å². The molecule has 0 radical (unpaired) electrons. The van der Waals surface area contributed by atoms with Gasteiger partial charge in [-0.1, -0.05) is 48.6 Å². The number of para-hydroxylation sites is 2. The van der Waals surface area contributed by atoms with Gasteiger partial charge in [0.1, 0.15) is 17.3 Å². The standard InChI is InChI=1S/C17H14N2OS/c18-17(21)14-6-2-4-8-16(14)20-11-13-10-9-12-5-1-3-7-15(12)19-13/h1-10H,11H2,(H2,18,21). The van der Waals surface area contributed by atoms with Gasteiger partial charge < -0.3 is 10.5 Å². The van der Waals surface area contributed by atoms with Gasteiger partial charge >= 0.3 is 0 Å². The minimum absolute atomic E-state index is 0.331. The van der Waals surface area contributed by atoms with Crippen molar-refractivity contribution in [3.63, 3.8) is 0 Å². The molecule has 104 valence electrons. The van der Waals surface area contributed by atoms with Crippen molar-refractivity contribution >= 4 is 28.1 Å². The molecule has 4 heteroatoms. The second kappa shape index (κ2) is 5.89. The molecule has 0 fully saturated rings. The summed E-state index contributed by atoms with van der Waals surface area (Å²) in [6.07, 6.45) is 0. The summed E-state index contributed by atoms with van der Waals surface area (Å²) in [5, 5.41) is 1.12. The van der Waals surface area contributed by atoms with Gasteiger partial charge in [0.05, 0.1) is 16.8 Å². The number of rotatable bonds is 4. The van der Waals surface area contributed by atoms with Crippen molar-refractivity contribution in [2.24, 2.45) is 5.73 Å². The summed E-state index contributed by atoms with van der Waals surface area (Å²) in [5.74, 6) is 0.681. The van der Waals surface area contributed by atoms with E-state index in [1.807, 2.05) is 60.7 Å². The highest BCUT2D eigenvalue weighted by Gasteiger charge is 2.06. The SMILES string of the molecule is NC(=S)c1ccccc1OCc1ccc2ccccc2n1. The maximum Gasteiger partial charge on any atom is 0.130 e. The molecule has 2 aromatic carbocycles. The Bertz CT molecular complexity index is 801. The Morgan fingerprint density at radius 1 is 1.00 bits per heavy atom. The zero-order valence-electron chi connectivity index (χ0n) is 11.3. The Labute approximate surface area is 128 Å². The average Bonchev–Trinajstić information content (AvgIpc) is 2.53. The molecule has 3 aromatic rings. The number of nitrogens with two attached hydrogens (primary N) is 1. The van der Waals surface area contributed by atoms with E-state index in [2.05, 4.69) is 4.98 Å². The lowest BCUT2D eigenvalue weighted by Crippen LogP contribution is -2.11. The molecular formula is C17H14N2OS. The van der Waals surface area contributed by atoms with E-state index < -0.39 is 0 Å². The smallest absolute Gasteiger partial charge is 0.130 e. The third-order valence-corrected chi connectivity index (χ3v) is 3.40. The summed E-state index contributed by atoms with van der Waals surface area (Å²) in [6.45, 7) is 0.379. The lowest BCUT2D eigenvalue weighted by Gasteiger charge is -2.10. The number of benzene rings is 2. The Balaban J connectivity index is 1.82. The first kappa shape index (κ1) is 13.5. The highest BCUT2D eigenvalue weighted by atomic mass is 32.1. The van der Waals surface area contributed by atoms with Crippen molar-refractivity contribution in [1.29, 1.82) is 0 Å². The molecule has 0 bridgehead atoms. The number of ether oxygens (including phenoxy) is 1. The molecule has 0 aliphatic rings. The van der Waals surface area contributed by atoms with Crippen LogP contribution in [0, 0.1) is 0 Å². The van der Waals surface area contributed by atoms with Crippen molar-refractivity contribution in [1.82, 2.24) is 4.98 Å². The van der Waals surface area contributed by atoms with Gasteiger partial charge in [-0.3, -0.25) is 0 Å². The molecule has 1 aromatic heterocycles. The van der Waals surface area contributed by atoms with E-state index >= 15 is 0 Å². The zero-order chi connectivity index (χ0) is 14.7. The summed E-state index contributed by atoms with van der Waals surface area (Å²) in [7, 11) is 0. The third-order valence-electron chi connectivity index (χ3n) is 3.18.